The van der Waals surface area contributed by atoms with Gasteiger partial charge < -0.3 is 14.5 Å². The fourth-order valence-electron chi connectivity index (χ4n) is 10.6. The monoisotopic (exact) mass is 881 g/mol. The fraction of sp³-hybridized carbons (Fsp3) is 0.449. The molecule has 0 aliphatic carbocycles. The number of imide groups is 2. The SMILES string of the molecule is [C-]#[N+]c1cc(Cl)cc(C(C)(C)c2ccc(OCc3ccnc(N4CCC5(CC4)CN(C4CCN(C6CN(c7ccc8c(c7)C(=O)N(C7CCC(=O)NC7=O)C8=O)C6)CC4)C5)n3)cc2)c1. The standard InChI is InChI=1S/C49H52ClN9O5/c1-48(2,32-22-33(50)24-35(23-32)51-3)31-4-7-39(8-5-31)64-28-34-12-17-52-47(53-34)56-20-15-49(16-21-56)29-58(30-49)36-13-18-55(19-14-36)38-26-57(27-38)37-6-9-40-41(25-37)46(63)59(45(40)62)42-10-11-43(60)54-44(42)61/h4-9,12,17,22-25,36,38,42H,10-11,13-16,18-21,26-30H2,1-2H3,(H,54,60,61). The van der Waals surface area contributed by atoms with E-state index >= 15 is 0 Å². The van der Waals surface area contributed by atoms with Crippen LogP contribution in [0.1, 0.15) is 89.9 Å². The number of halogens is 1. The quantitative estimate of drug-likeness (QED) is 0.143. The zero-order valence-electron chi connectivity index (χ0n) is 36.3. The molecule has 1 unspecified atom stereocenters. The van der Waals surface area contributed by atoms with Crippen LogP contribution < -0.4 is 19.9 Å². The highest BCUT2D eigenvalue weighted by Gasteiger charge is 2.49. The molecule has 15 heteroatoms. The smallest absolute Gasteiger partial charge is 0.262 e. The molecule has 5 saturated heterocycles. The summed E-state index contributed by atoms with van der Waals surface area (Å²) in [5.74, 6) is -0.393. The molecule has 3 aromatic carbocycles. The third-order valence-electron chi connectivity index (χ3n) is 14.8. The number of piperidine rings is 3. The Labute approximate surface area is 378 Å². The lowest BCUT2D eigenvalue weighted by Crippen LogP contribution is -2.66. The number of carbonyl (C=O) groups is 4. The van der Waals surface area contributed by atoms with Crippen molar-refractivity contribution in [2.24, 2.45) is 5.41 Å². The topological polar surface area (TPSA) is 136 Å². The molecule has 4 aromatic rings. The second-order valence-corrected chi connectivity index (χ2v) is 19.4. The van der Waals surface area contributed by atoms with Gasteiger partial charge in [-0.05, 0) is 97.2 Å². The zero-order valence-corrected chi connectivity index (χ0v) is 37.0. The first-order valence-electron chi connectivity index (χ1n) is 22.4. The lowest BCUT2D eigenvalue weighted by molar-refractivity contribution is -0.136. The molecule has 5 fully saturated rings. The number of aromatic nitrogens is 2. The van der Waals surface area contributed by atoms with Gasteiger partial charge in [0.2, 0.25) is 17.8 Å². The first kappa shape index (κ1) is 42.1. The van der Waals surface area contributed by atoms with Gasteiger partial charge in [0.05, 0.1) is 23.4 Å². The summed E-state index contributed by atoms with van der Waals surface area (Å²) in [5, 5.41) is 2.82. The summed E-state index contributed by atoms with van der Waals surface area (Å²) in [4.78, 5) is 74.6. The number of carbonyl (C=O) groups excluding carboxylic acids is 4. The van der Waals surface area contributed by atoms with Crippen LogP contribution in [0.25, 0.3) is 4.85 Å². The first-order chi connectivity index (χ1) is 30.9. The van der Waals surface area contributed by atoms with Crippen molar-refractivity contribution in [3.8, 4) is 5.75 Å². The van der Waals surface area contributed by atoms with Gasteiger partial charge in [-0.3, -0.25) is 39.2 Å². The van der Waals surface area contributed by atoms with Crippen molar-refractivity contribution in [2.45, 2.75) is 82.5 Å². The van der Waals surface area contributed by atoms with Gasteiger partial charge in [-0.1, -0.05) is 43.6 Å². The molecule has 7 heterocycles. The van der Waals surface area contributed by atoms with E-state index in [4.69, 9.17) is 27.9 Å². The van der Waals surface area contributed by atoms with Gasteiger partial charge in [0.15, 0.2) is 5.69 Å². The van der Waals surface area contributed by atoms with Crippen LogP contribution in [-0.2, 0) is 21.6 Å². The van der Waals surface area contributed by atoms with Crippen molar-refractivity contribution < 1.29 is 23.9 Å². The largest absolute Gasteiger partial charge is 0.487 e. The Kier molecular flexibility index (Phi) is 10.9. The van der Waals surface area contributed by atoms with E-state index in [0.29, 0.717) is 45.9 Å². The molecule has 330 valence electrons. The molecule has 10 rings (SSSR count). The molecule has 0 saturated carbocycles. The number of hydrogen-bond acceptors (Lipinski definition) is 11. The molecule has 1 N–H and O–H groups in total. The molecule has 0 radical (unpaired) electrons. The van der Waals surface area contributed by atoms with E-state index in [0.717, 1.165) is 104 Å². The molecular formula is C49H52ClN9O5. The number of hydrogen-bond donors (Lipinski definition) is 1. The van der Waals surface area contributed by atoms with Gasteiger partial charge in [-0.25, -0.2) is 14.8 Å². The Morgan fingerprint density at radius 1 is 0.828 bits per heavy atom. The number of rotatable bonds is 10. The summed E-state index contributed by atoms with van der Waals surface area (Å²) in [5.41, 5.74) is 5.04. The Morgan fingerprint density at radius 3 is 2.28 bits per heavy atom. The highest BCUT2D eigenvalue weighted by Crippen LogP contribution is 2.44. The number of likely N-dealkylation sites (tertiary alicyclic amines) is 2. The first-order valence-corrected chi connectivity index (χ1v) is 22.8. The number of anilines is 2. The summed E-state index contributed by atoms with van der Waals surface area (Å²) < 4.78 is 6.17. The van der Waals surface area contributed by atoms with E-state index in [1.54, 1.807) is 18.2 Å². The minimum atomic E-state index is -0.960. The van der Waals surface area contributed by atoms with Crippen molar-refractivity contribution in [1.82, 2.24) is 30.0 Å². The van der Waals surface area contributed by atoms with Crippen LogP contribution in [0.15, 0.2) is 72.9 Å². The Hall–Kier alpha value is -5.88. The van der Waals surface area contributed by atoms with Crippen molar-refractivity contribution >= 4 is 52.6 Å². The van der Waals surface area contributed by atoms with Gasteiger partial charge in [-0.15, -0.1) is 0 Å². The van der Waals surface area contributed by atoms with Crippen LogP contribution in [0.3, 0.4) is 0 Å². The highest BCUT2D eigenvalue weighted by atomic mass is 35.5. The third-order valence-corrected chi connectivity index (χ3v) is 15.0. The molecule has 14 nitrogen and oxygen atoms in total. The second kappa shape index (κ2) is 16.6. The zero-order chi connectivity index (χ0) is 44.3. The lowest BCUT2D eigenvalue weighted by atomic mass is 9.71. The third kappa shape index (κ3) is 7.88. The number of nitrogens with zero attached hydrogens (tertiary/aromatic N) is 8. The minimum Gasteiger partial charge on any atom is -0.487 e. The second-order valence-electron chi connectivity index (χ2n) is 19.0. The number of fused-ring (bicyclic) bond motifs is 1. The maximum Gasteiger partial charge on any atom is 0.262 e. The average Bonchev–Trinajstić information content (AvgIpc) is 3.52. The lowest BCUT2D eigenvalue weighted by Gasteiger charge is -2.58. The highest BCUT2D eigenvalue weighted by molar-refractivity contribution is 6.31. The van der Waals surface area contributed by atoms with E-state index in [1.165, 1.54) is 12.8 Å². The summed E-state index contributed by atoms with van der Waals surface area (Å²) in [6, 6.07) is 21.0. The summed E-state index contributed by atoms with van der Waals surface area (Å²) in [6.07, 6.45) is 6.69. The predicted molar refractivity (Wildman–Crippen MR) is 242 cm³/mol. The molecule has 0 bridgehead atoms. The van der Waals surface area contributed by atoms with Gasteiger partial charge in [-0.2, -0.15) is 0 Å². The fourth-order valence-corrected chi connectivity index (χ4v) is 10.9. The predicted octanol–water partition coefficient (Wildman–Crippen LogP) is 6.24. The van der Waals surface area contributed by atoms with Crippen LogP contribution in [-0.4, -0.2) is 119 Å². The number of amides is 4. The summed E-state index contributed by atoms with van der Waals surface area (Å²) in [7, 11) is 0. The van der Waals surface area contributed by atoms with E-state index in [-0.39, 0.29) is 24.2 Å². The van der Waals surface area contributed by atoms with Crippen LogP contribution >= 0.6 is 11.6 Å². The van der Waals surface area contributed by atoms with E-state index < -0.39 is 23.8 Å². The Balaban J connectivity index is 0.655. The van der Waals surface area contributed by atoms with Gasteiger partial charge in [0.25, 0.3) is 11.8 Å². The molecular weight excluding hydrogens is 830 g/mol. The molecule has 6 aliphatic heterocycles. The maximum absolute atomic E-state index is 13.3. The molecule has 4 amide bonds. The van der Waals surface area contributed by atoms with Crippen LogP contribution in [0.2, 0.25) is 5.02 Å². The van der Waals surface area contributed by atoms with Crippen LogP contribution in [0.4, 0.5) is 17.3 Å². The van der Waals surface area contributed by atoms with Gasteiger partial charge >= 0.3 is 0 Å². The number of benzene rings is 3. The molecule has 1 aromatic heterocycles. The summed E-state index contributed by atoms with van der Waals surface area (Å²) in [6.45, 7) is 20.1. The van der Waals surface area contributed by atoms with E-state index in [2.05, 4.69) is 60.7 Å². The van der Waals surface area contributed by atoms with Crippen molar-refractivity contribution in [1.29, 1.82) is 0 Å². The van der Waals surface area contributed by atoms with Crippen molar-refractivity contribution in [3.63, 3.8) is 0 Å². The van der Waals surface area contributed by atoms with Gasteiger partial charge in [0.1, 0.15) is 18.4 Å². The van der Waals surface area contributed by atoms with Crippen molar-refractivity contribution in [2.75, 3.05) is 62.2 Å². The van der Waals surface area contributed by atoms with Crippen LogP contribution in [0, 0.1) is 12.0 Å². The molecule has 1 atom stereocenters. The average molecular weight is 882 g/mol. The number of ether oxygens (including phenoxy) is 1. The molecule has 64 heavy (non-hydrogen) atoms. The number of nitrogens with one attached hydrogen (secondary N) is 1. The van der Waals surface area contributed by atoms with E-state index in [1.807, 2.05) is 42.6 Å². The Bertz CT molecular complexity index is 2550. The molecule has 1 spiro atoms. The maximum atomic E-state index is 13.3. The van der Waals surface area contributed by atoms with Crippen LogP contribution in [0.5, 0.6) is 5.75 Å². The normalized spacial score (nSPS) is 22.0. The Morgan fingerprint density at radius 2 is 1.56 bits per heavy atom. The minimum absolute atomic E-state index is 0.102. The van der Waals surface area contributed by atoms with Crippen molar-refractivity contribution in [3.05, 3.63) is 117 Å². The summed E-state index contributed by atoms with van der Waals surface area (Å²) >= 11 is 6.32. The molecule has 6 aliphatic rings. The van der Waals surface area contributed by atoms with Gasteiger partial charge in [0, 0.05) is 93.2 Å². The van der Waals surface area contributed by atoms with E-state index in [9.17, 15) is 19.2 Å².